The number of aliphatic carboxylic acids is 1. The lowest BCUT2D eigenvalue weighted by Crippen LogP contribution is -2.63. The van der Waals surface area contributed by atoms with Crippen LogP contribution in [0.2, 0.25) is 0 Å². The predicted octanol–water partition coefficient (Wildman–Crippen LogP) is 2.10. The molecule has 2 aliphatic rings. The molecule has 0 radical (unpaired) electrons. The molecular weight excluding hydrogens is 308 g/mol. The second-order valence-corrected chi connectivity index (χ2v) is 6.76. The number of likely N-dealkylation sites (tertiary alicyclic amines) is 1. The van der Waals surface area contributed by atoms with Crippen molar-refractivity contribution in [2.45, 2.75) is 25.3 Å². The summed E-state index contributed by atoms with van der Waals surface area (Å²) in [7, 11) is 0. The molecule has 3 heterocycles. The summed E-state index contributed by atoms with van der Waals surface area (Å²) in [5.41, 5.74) is 0.446. The molecule has 2 atom stereocenters. The van der Waals surface area contributed by atoms with Gasteiger partial charge in [-0.05, 0) is 50.1 Å². The topological polar surface area (TPSA) is 82.8 Å². The Morgan fingerprint density at radius 3 is 3.04 bits per heavy atom. The van der Waals surface area contributed by atoms with E-state index in [1.807, 2.05) is 6.07 Å². The number of benzene rings is 1. The van der Waals surface area contributed by atoms with Crippen LogP contribution in [0.15, 0.2) is 34.9 Å². The van der Waals surface area contributed by atoms with Crippen LogP contribution >= 0.6 is 0 Å². The Morgan fingerprint density at radius 2 is 2.21 bits per heavy atom. The van der Waals surface area contributed by atoms with Crippen molar-refractivity contribution in [2.24, 2.45) is 5.41 Å². The zero-order valence-electron chi connectivity index (χ0n) is 13.3. The molecule has 6 nitrogen and oxygen atoms in total. The smallest absolute Gasteiger partial charge is 0.313 e. The normalized spacial score (nSPS) is 27.0. The number of fused-ring (bicyclic) bond motifs is 2. The van der Waals surface area contributed by atoms with E-state index in [4.69, 9.17) is 4.42 Å². The highest BCUT2D eigenvalue weighted by Crippen LogP contribution is 2.38. The van der Waals surface area contributed by atoms with E-state index >= 15 is 0 Å². The average Bonchev–Trinajstić information content (AvgIpc) is 3.08. The molecule has 2 N–H and O–H groups in total. The van der Waals surface area contributed by atoms with Crippen LogP contribution < -0.4 is 5.32 Å². The van der Waals surface area contributed by atoms with Gasteiger partial charge in [-0.15, -0.1) is 0 Å². The molecule has 126 valence electrons. The van der Waals surface area contributed by atoms with Crippen LogP contribution in [-0.4, -0.2) is 47.6 Å². The van der Waals surface area contributed by atoms with E-state index < -0.39 is 11.4 Å². The highest BCUT2D eigenvalue weighted by molar-refractivity contribution is 5.98. The Kier molecular flexibility index (Phi) is 3.57. The quantitative estimate of drug-likeness (QED) is 0.882. The Hall–Kier alpha value is -2.34. The van der Waals surface area contributed by atoms with Crippen molar-refractivity contribution in [1.82, 2.24) is 10.2 Å². The number of nitrogens with zero attached hydrogens (tertiary/aromatic N) is 1. The van der Waals surface area contributed by atoms with Gasteiger partial charge in [-0.1, -0.05) is 0 Å². The van der Waals surface area contributed by atoms with Gasteiger partial charge >= 0.3 is 5.97 Å². The van der Waals surface area contributed by atoms with Gasteiger partial charge in [0.25, 0.3) is 5.91 Å². The third kappa shape index (κ3) is 2.29. The minimum Gasteiger partial charge on any atom is -0.481 e. The van der Waals surface area contributed by atoms with E-state index in [-0.39, 0.29) is 18.5 Å². The van der Waals surface area contributed by atoms with Gasteiger partial charge in [-0.3, -0.25) is 9.59 Å². The number of rotatable bonds is 2. The molecule has 2 aliphatic heterocycles. The summed E-state index contributed by atoms with van der Waals surface area (Å²) in [5.74, 6) is -0.912. The summed E-state index contributed by atoms with van der Waals surface area (Å²) >= 11 is 0. The van der Waals surface area contributed by atoms with Gasteiger partial charge in [0.15, 0.2) is 0 Å². The number of amides is 1. The number of hydrogen-bond acceptors (Lipinski definition) is 4. The summed E-state index contributed by atoms with van der Waals surface area (Å²) < 4.78 is 5.31. The summed E-state index contributed by atoms with van der Waals surface area (Å²) in [4.78, 5) is 26.5. The summed E-state index contributed by atoms with van der Waals surface area (Å²) in [6.07, 6.45) is 3.71. The molecular formula is C18H20N2O4. The molecule has 1 amide bonds. The number of piperidine rings is 2. The van der Waals surface area contributed by atoms with E-state index in [9.17, 15) is 14.7 Å². The van der Waals surface area contributed by atoms with Crippen molar-refractivity contribution in [2.75, 3.05) is 19.6 Å². The molecule has 0 saturated carbocycles. The lowest BCUT2D eigenvalue weighted by atomic mass is 9.70. The van der Waals surface area contributed by atoms with Gasteiger partial charge in [-0.25, -0.2) is 0 Å². The number of carboxylic acid groups (broad SMARTS) is 1. The van der Waals surface area contributed by atoms with Crippen LogP contribution in [0, 0.1) is 5.41 Å². The highest BCUT2D eigenvalue weighted by Gasteiger charge is 2.51. The SMILES string of the molecule is O=C(c1ccc2occc2c1)N1CCC2NCCC[C@]2(C(=O)O)C1. The third-order valence-electron chi connectivity index (χ3n) is 5.43. The average molecular weight is 328 g/mol. The third-order valence-corrected chi connectivity index (χ3v) is 5.43. The number of carboxylic acids is 1. The molecule has 1 aromatic carbocycles. The minimum atomic E-state index is -0.869. The van der Waals surface area contributed by atoms with Crippen LogP contribution in [0.1, 0.15) is 29.6 Å². The van der Waals surface area contributed by atoms with Crippen LogP contribution in [0.25, 0.3) is 11.0 Å². The molecule has 6 heteroatoms. The monoisotopic (exact) mass is 328 g/mol. The first-order chi connectivity index (χ1) is 11.6. The molecule has 0 bridgehead atoms. The number of nitrogens with one attached hydrogen (secondary N) is 1. The van der Waals surface area contributed by atoms with E-state index in [1.165, 1.54) is 0 Å². The summed E-state index contributed by atoms with van der Waals surface area (Å²) in [5, 5.41) is 14.0. The molecule has 1 aromatic heterocycles. The zero-order valence-corrected chi connectivity index (χ0v) is 13.3. The van der Waals surface area contributed by atoms with Gasteiger partial charge in [0.05, 0.1) is 6.26 Å². The number of hydrogen-bond donors (Lipinski definition) is 2. The maximum atomic E-state index is 12.9. The standard InChI is InChI=1S/C18H20N2O4/c21-16(13-2-3-14-12(10-13)5-9-24-14)20-8-4-15-18(11-20,17(22)23)6-1-7-19-15/h2-3,5,9-10,15,19H,1,4,6-8,11H2,(H,22,23)/t15?,18-/m0/s1. The maximum absolute atomic E-state index is 12.9. The van der Waals surface area contributed by atoms with E-state index in [0.29, 0.717) is 24.9 Å². The molecule has 2 saturated heterocycles. The fourth-order valence-electron chi connectivity index (χ4n) is 4.10. The van der Waals surface area contributed by atoms with E-state index in [0.717, 1.165) is 23.9 Å². The molecule has 0 aliphatic carbocycles. The second kappa shape index (κ2) is 5.63. The molecule has 4 rings (SSSR count). The van der Waals surface area contributed by atoms with Crippen molar-refractivity contribution >= 4 is 22.8 Å². The van der Waals surface area contributed by atoms with Crippen molar-refractivity contribution in [3.63, 3.8) is 0 Å². The zero-order chi connectivity index (χ0) is 16.7. The van der Waals surface area contributed by atoms with Crippen LogP contribution in [-0.2, 0) is 4.79 Å². The Morgan fingerprint density at radius 1 is 1.33 bits per heavy atom. The lowest BCUT2D eigenvalue weighted by Gasteiger charge is -2.48. The Labute approximate surface area is 139 Å². The van der Waals surface area contributed by atoms with E-state index in [1.54, 1.807) is 29.4 Å². The van der Waals surface area contributed by atoms with Gasteiger partial charge in [0, 0.05) is 30.1 Å². The lowest BCUT2D eigenvalue weighted by molar-refractivity contribution is -0.156. The number of carbonyl (C=O) groups is 2. The number of furan rings is 1. The van der Waals surface area contributed by atoms with Crippen LogP contribution in [0.5, 0.6) is 0 Å². The minimum absolute atomic E-state index is 0.0517. The van der Waals surface area contributed by atoms with Crippen LogP contribution in [0.4, 0.5) is 0 Å². The van der Waals surface area contributed by atoms with Gasteiger partial charge < -0.3 is 19.7 Å². The van der Waals surface area contributed by atoms with Gasteiger partial charge in [-0.2, -0.15) is 0 Å². The first-order valence-corrected chi connectivity index (χ1v) is 8.33. The predicted molar refractivity (Wildman–Crippen MR) is 87.8 cm³/mol. The molecule has 1 unspecified atom stereocenters. The van der Waals surface area contributed by atoms with Crippen LogP contribution in [0.3, 0.4) is 0 Å². The second-order valence-electron chi connectivity index (χ2n) is 6.76. The molecule has 0 spiro atoms. The first kappa shape index (κ1) is 15.2. The van der Waals surface area contributed by atoms with Crippen molar-refractivity contribution < 1.29 is 19.1 Å². The van der Waals surface area contributed by atoms with Gasteiger partial charge in [0.1, 0.15) is 11.0 Å². The Bertz CT molecular complexity index is 799. The summed E-state index contributed by atoms with van der Waals surface area (Å²) in [6, 6.07) is 7.10. The van der Waals surface area contributed by atoms with Crippen molar-refractivity contribution in [1.29, 1.82) is 0 Å². The number of carbonyl (C=O) groups excluding carboxylic acids is 1. The summed E-state index contributed by atoms with van der Waals surface area (Å²) in [6.45, 7) is 1.70. The molecule has 24 heavy (non-hydrogen) atoms. The molecule has 2 aromatic rings. The first-order valence-electron chi connectivity index (χ1n) is 8.33. The van der Waals surface area contributed by atoms with E-state index in [2.05, 4.69) is 5.32 Å². The Balaban J connectivity index is 1.61. The highest BCUT2D eigenvalue weighted by atomic mass is 16.4. The largest absolute Gasteiger partial charge is 0.481 e. The van der Waals surface area contributed by atoms with Crippen molar-refractivity contribution in [3.05, 3.63) is 36.1 Å². The molecule has 2 fully saturated rings. The maximum Gasteiger partial charge on any atom is 0.313 e. The van der Waals surface area contributed by atoms with Gasteiger partial charge in [0.2, 0.25) is 0 Å². The fourth-order valence-corrected chi connectivity index (χ4v) is 4.10. The fraction of sp³-hybridized carbons (Fsp3) is 0.444. The van der Waals surface area contributed by atoms with Crippen molar-refractivity contribution in [3.8, 4) is 0 Å².